The molecule has 4 nitrogen and oxygen atoms in total. The number of hydrogen-bond donors (Lipinski definition) is 1. The molecule has 1 rings (SSSR count). The highest BCUT2D eigenvalue weighted by atomic mass is 16.2. The van der Waals surface area contributed by atoms with Crippen molar-refractivity contribution in [2.45, 2.75) is 26.7 Å². The van der Waals surface area contributed by atoms with Crippen LogP contribution in [0, 0.1) is 11.3 Å². The first-order valence-corrected chi connectivity index (χ1v) is 6.72. The zero-order valence-electron chi connectivity index (χ0n) is 11.6. The van der Waals surface area contributed by atoms with E-state index >= 15 is 0 Å². The zero-order chi connectivity index (χ0) is 14.1. The lowest BCUT2D eigenvalue weighted by Gasteiger charge is -2.19. The van der Waals surface area contributed by atoms with Gasteiger partial charge in [0.15, 0.2) is 0 Å². The summed E-state index contributed by atoms with van der Waals surface area (Å²) in [5.41, 5.74) is 1.23. The molecular weight excluding hydrogens is 238 g/mol. The number of nitrogens with one attached hydrogen (secondary N) is 1. The lowest BCUT2D eigenvalue weighted by molar-refractivity contribution is -0.117. The summed E-state index contributed by atoms with van der Waals surface area (Å²) in [4.78, 5) is 14.0. The van der Waals surface area contributed by atoms with Gasteiger partial charge in [-0.3, -0.25) is 9.69 Å². The number of benzene rings is 1. The van der Waals surface area contributed by atoms with Crippen molar-refractivity contribution in [3.8, 4) is 6.07 Å². The van der Waals surface area contributed by atoms with Gasteiger partial charge in [-0.15, -0.1) is 0 Å². The van der Waals surface area contributed by atoms with Crippen molar-refractivity contribution in [1.29, 1.82) is 5.26 Å². The number of amides is 1. The number of carbonyl (C=O) groups excluding carboxylic acids is 1. The fourth-order valence-electron chi connectivity index (χ4n) is 1.80. The predicted octanol–water partition coefficient (Wildman–Crippen LogP) is 2.62. The molecule has 0 aliphatic heterocycles. The number of unbranched alkanes of at least 4 members (excludes halogenated alkanes) is 1. The molecule has 0 heterocycles. The van der Waals surface area contributed by atoms with E-state index in [2.05, 4.69) is 30.1 Å². The second kappa shape index (κ2) is 8.28. The molecule has 102 valence electrons. The van der Waals surface area contributed by atoms with Crippen molar-refractivity contribution in [2.24, 2.45) is 0 Å². The van der Waals surface area contributed by atoms with Gasteiger partial charge in [0.2, 0.25) is 5.91 Å². The predicted molar refractivity (Wildman–Crippen MR) is 76.8 cm³/mol. The topological polar surface area (TPSA) is 56.1 Å². The Morgan fingerprint density at radius 2 is 2.21 bits per heavy atom. The van der Waals surface area contributed by atoms with E-state index in [0.29, 0.717) is 17.8 Å². The van der Waals surface area contributed by atoms with Crippen LogP contribution in [-0.2, 0) is 4.79 Å². The molecule has 0 spiro atoms. The maximum Gasteiger partial charge on any atom is 0.238 e. The van der Waals surface area contributed by atoms with E-state index in [4.69, 9.17) is 5.26 Å². The van der Waals surface area contributed by atoms with E-state index in [1.807, 2.05) is 0 Å². The summed E-state index contributed by atoms with van der Waals surface area (Å²) in [5.74, 6) is -0.0342. The van der Waals surface area contributed by atoms with Gasteiger partial charge in [-0.2, -0.15) is 5.26 Å². The van der Waals surface area contributed by atoms with Crippen LogP contribution in [0.1, 0.15) is 32.3 Å². The van der Waals surface area contributed by atoms with Gasteiger partial charge >= 0.3 is 0 Å². The SMILES string of the molecule is CCCCN(CC)CC(=O)Nc1cccc(C#N)c1. The van der Waals surface area contributed by atoms with Crippen LogP contribution in [0.3, 0.4) is 0 Å². The minimum absolute atomic E-state index is 0.0342. The minimum atomic E-state index is -0.0342. The number of nitriles is 1. The Morgan fingerprint density at radius 1 is 1.42 bits per heavy atom. The van der Waals surface area contributed by atoms with E-state index in [0.717, 1.165) is 25.9 Å². The van der Waals surface area contributed by atoms with Gasteiger partial charge in [0.25, 0.3) is 0 Å². The van der Waals surface area contributed by atoms with Gasteiger partial charge in [0.05, 0.1) is 18.2 Å². The quantitative estimate of drug-likeness (QED) is 0.819. The number of anilines is 1. The smallest absolute Gasteiger partial charge is 0.238 e. The maximum absolute atomic E-state index is 11.9. The molecule has 0 aliphatic carbocycles. The Hall–Kier alpha value is -1.86. The number of rotatable bonds is 7. The molecule has 0 unspecified atom stereocenters. The normalized spacial score (nSPS) is 10.2. The molecule has 0 atom stereocenters. The third-order valence-corrected chi connectivity index (χ3v) is 2.92. The lowest BCUT2D eigenvalue weighted by atomic mass is 10.2. The maximum atomic E-state index is 11.9. The Morgan fingerprint density at radius 3 is 2.84 bits per heavy atom. The Bertz CT molecular complexity index is 451. The largest absolute Gasteiger partial charge is 0.325 e. The summed E-state index contributed by atoms with van der Waals surface area (Å²) in [6.07, 6.45) is 2.23. The highest BCUT2D eigenvalue weighted by Gasteiger charge is 2.08. The van der Waals surface area contributed by atoms with Crippen molar-refractivity contribution in [1.82, 2.24) is 4.90 Å². The molecule has 0 fully saturated rings. The molecule has 0 bridgehead atoms. The number of likely N-dealkylation sites (N-methyl/N-ethyl adjacent to an activating group) is 1. The molecule has 0 aromatic heterocycles. The fraction of sp³-hybridized carbons (Fsp3) is 0.467. The molecule has 0 saturated heterocycles. The summed E-state index contributed by atoms with van der Waals surface area (Å²) in [5, 5.41) is 11.6. The summed E-state index contributed by atoms with van der Waals surface area (Å²) in [7, 11) is 0. The van der Waals surface area contributed by atoms with E-state index in [1.54, 1.807) is 24.3 Å². The lowest BCUT2D eigenvalue weighted by Crippen LogP contribution is -2.33. The third-order valence-electron chi connectivity index (χ3n) is 2.92. The Labute approximate surface area is 115 Å². The van der Waals surface area contributed by atoms with E-state index in [-0.39, 0.29) is 5.91 Å². The number of nitrogens with zero attached hydrogens (tertiary/aromatic N) is 2. The summed E-state index contributed by atoms with van der Waals surface area (Å²) >= 11 is 0. The molecule has 1 amide bonds. The zero-order valence-corrected chi connectivity index (χ0v) is 11.6. The van der Waals surface area contributed by atoms with Crippen LogP contribution in [0.5, 0.6) is 0 Å². The van der Waals surface area contributed by atoms with Crippen LogP contribution in [0.2, 0.25) is 0 Å². The minimum Gasteiger partial charge on any atom is -0.325 e. The van der Waals surface area contributed by atoms with Gasteiger partial charge in [-0.05, 0) is 37.7 Å². The molecule has 1 aromatic rings. The van der Waals surface area contributed by atoms with Crippen molar-refractivity contribution >= 4 is 11.6 Å². The molecule has 1 aromatic carbocycles. The van der Waals surface area contributed by atoms with Gasteiger partial charge in [0, 0.05) is 5.69 Å². The average Bonchev–Trinajstić information content (AvgIpc) is 2.43. The summed E-state index contributed by atoms with van der Waals surface area (Å²) in [6, 6.07) is 9.02. The highest BCUT2D eigenvalue weighted by molar-refractivity contribution is 5.92. The molecule has 19 heavy (non-hydrogen) atoms. The second-order valence-corrected chi connectivity index (χ2v) is 4.46. The van der Waals surface area contributed by atoms with Crippen LogP contribution >= 0.6 is 0 Å². The molecule has 0 aliphatic rings. The molecular formula is C15H21N3O. The Balaban J connectivity index is 2.51. The first kappa shape index (κ1) is 15.2. The number of hydrogen-bond acceptors (Lipinski definition) is 3. The first-order valence-electron chi connectivity index (χ1n) is 6.72. The van der Waals surface area contributed by atoms with Gasteiger partial charge in [0.1, 0.15) is 0 Å². The number of carbonyl (C=O) groups is 1. The van der Waals surface area contributed by atoms with Gasteiger partial charge in [-0.1, -0.05) is 26.3 Å². The van der Waals surface area contributed by atoms with Crippen molar-refractivity contribution < 1.29 is 4.79 Å². The summed E-state index contributed by atoms with van der Waals surface area (Å²) < 4.78 is 0. The summed E-state index contributed by atoms with van der Waals surface area (Å²) in [6.45, 7) is 6.40. The van der Waals surface area contributed by atoms with Crippen molar-refractivity contribution in [2.75, 3.05) is 25.0 Å². The van der Waals surface area contributed by atoms with E-state index in [1.165, 1.54) is 0 Å². The first-order chi connectivity index (χ1) is 9.19. The van der Waals surface area contributed by atoms with Gasteiger partial charge in [-0.25, -0.2) is 0 Å². The third kappa shape index (κ3) is 5.54. The van der Waals surface area contributed by atoms with Crippen molar-refractivity contribution in [3.05, 3.63) is 29.8 Å². The Kier molecular flexibility index (Phi) is 6.62. The van der Waals surface area contributed by atoms with Crippen molar-refractivity contribution in [3.63, 3.8) is 0 Å². The fourth-order valence-corrected chi connectivity index (χ4v) is 1.80. The monoisotopic (exact) mass is 259 g/mol. The van der Waals surface area contributed by atoms with E-state index < -0.39 is 0 Å². The van der Waals surface area contributed by atoms with E-state index in [9.17, 15) is 4.79 Å². The molecule has 0 saturated carbocycles. The highest BCUT2D eigenvalue weighted by Crippen LogP contribution is 2.09. The molecule has 4 heteroatoms. The second-order valence-electron chi connectivity index (χ2n) is 4.46. The van der Waals surface area contributed by atoms with Crippen LogP contribution < -0.4 is 5.32 Å². The van der Waals surface area contributed by atoms with Gasteiger partial charge < -0.3 is 5.32 Å². The van der Waals surface area contributed by atoms with Crippen LogP contribution in [0.25, 0.3) is 0 Å². The standard InChI is InChI=1S/C15H21N3O/c1-3-5-9-18(4-2)12-15(19)17-14-8-6-7-13(10-14)11-16/h6-8,10H,3-5,9,12H2,1-2H3,(H,17,19). The average molecular weight is 259 g/mol. The molecule has 1 N–H and O–H groups in total. The van der Waals surface area contributed by atoms with Crippen LogP contribution in [0.15, 0.2) is 24.3 Å². The van der Waals surface area contributed by atoms with Crippen LogP contribution in [-0.4, -0.2) is 30.4 Å². The molecule has 0 radical (unpaired) electrons. The van der Waals surface area contributed by atoms with Crippen LogP contribution in [0.4, 0.5) is 5.69 Å².